The van der Waals surface area contributed by atoms with Gasteiger partial charge in [-0.3, -0.25) is 9.78 Å². The summed E-state index contributed by atoms with van der Waals surface area (Å²) in [7, 11) is 0. The van der Waals surface area contributed by atoms with Crippen LogP contribution in [-0.2, 0) is 6.42 Å². The summed E-state index contributed by atoms with van der Waals surface area (Å²) in [6, 6.07) is 16.4. The zero-order chi connectivity index (χ0) is 17.2. The highest BCUT2D eigenvalue weighted by molar-refractivity contribution is 5.69. The number of fused-ring (bicyclic) bond motifs is 3. The molecule has 0 radical (unpaired) electrons. The molecule has 1 aliphatic heterocycles. The van der Waals surface area contributed by atoms with Crippen LogP contribution in [0.4, 0.5) is 5.95 Å². The number of nitrogen functional groups attached to an aromatic ring is 1. The number of aromatic nitrogens is 4. The van der Waals surface area contributed by atoms with E-state index in [1.807, 2.05) is 24.3 Å². The Balaban J connectivity index is 0.000000129. The maximum Gasteiger partial charge on any atom is 0.278 e. The molecule has 0 atom stereocenters. The summed E-state index contributed by atoms with van der Waals surface area (Å²) >= 11 is 0. The van der Waals surface area contributed by atoms with Crippen LogP contribution in [0.15, 0.2) is 59.7 Å². The lowest BCUT2D eigenvalue weighted by Crippen LogP contribution is -2.10. The number of anilines is 1. The average molecular weight is 333 g/mol. The molecule has 0 amide bonds. The van der Waals surface area contributed by atoms with Crippen molar-refractivity contribution in [3.63, 3.8) is 0 Å². The molecule has 1 aliphatic rings. The Labute approximate surface area is 142 Å². The number of hydrogen-bond acceptors (Lipinski definition) is 5. The highest BCUT2D eigenvalue weighted by Crippen LogP contribution is 2.35. The van der Waals surface area contributed by atoms with Crippen LogP contribution in [0.25, 0.3) is 11.2 Å². The van der Waals surface area contributed by atoms with Crippen molar-refractivity contribution < 1.29 is 4.74 Å². The molecule has 4 aromatic rings. The van der Waals surface area contributed by atoms with Gasteiger partial charge in [0.1, 0.15) is 11.5 Å². The van der Waals surface area contributed by atoms with Crippen LogP contribution in [0.1, 0.15) is 11.1 Å². The fourth-order valence-electron chi connectivity index (χ4n) is 2.68. The van der Waals surface area contributed by atoms with E-state index in [4.69, 9.17) is 10.5 Å². The Bertz CT molecular complexity index is 1010. The number of nitrogens with one attached hydrogen (secondary N) is 2. The lowest BCUT2D eigenvalue weighted by molar-refractivity contribution is 0.460. The number of H-pyrrole nitrogens is 2. The van der Waals surface area contributed by atoms with Crippen molar-refractivity contribution in [2.24, 2.45) is 0 Å². The molecule has 2 aromatic carbocycles. The van der Waals surface area contributed by atoms with E-state index >= 15 is 0 Å². The number of nitrogens with zero attached hydrogens (tertiary/aromatic N) is 2. The quantitative estimate of drug-likeness (QED) is 0.403. The van der Waals surface area contributed by atoms with Crippen LogP contribution < -0.4 is 16.0 Å². The normalized spacial score (nSPS) is 11.7. The zero-order valence-electron chi connectivity index (χ0n) is 13.2. The van der Waals surface area contributed by atoms with E-state index in [0.29, 0.717) is 11.2 Å². The van der Waals surface area contributed by atoms with E-state index in [9.17, 15) is 4.79 Å². The molecule has 25 heavy (non-hydrogen) atoms. The third-order valence-corrected chi connectivity index (χ3v) is 3.86. The van der Waals surface area contributed by atoms with Gasteiger partial charge < -0.3 is 15.5 Å². The van der Waals surface area contributed by atoms with E-state index < -0.39 is 0 Å². The van der Waals surface area contributed by atoms with E-state index in [2.05, 4.69) is 44.2 Å². The Morgan fingerprint density at radius 2 is 1.64 bits per heavy atom. The number of benzene rings is 2. The van der Waals surface area contributed by atoms with E-state index in [0.717, 1.165) is 17.9 Å². The largest absolute Gasteiger partial charge is 0.457 e. The van der Waals surface area contributed by atoms with Crippen molar-refractivity contribution in [2.75, 3.05) is 5.73 Å². The van der Waals surface area contributed by atoms with Gasteiger partial charge in [0.2, 0.25) is 5.95 Å². The van der Waals surface area contributed by atoms with Crippen LogP contribution in [0.5, 0.6) is 11.5 Å². The van der Waals surface area contributed by atoms with Gasteiger partial charge in [-0.2, -0.15) is 4.98 Å². The van der Waals surface area contributed by atoms with E-state index in [1.165, 1.54) is 17.5 Å². The van der Waals surface area contributed by atoms with Crippen molar-refractivity contribution in [1.29, 1.82) is 0 Å². The molecular formula is C18H15N5O2. The standard InChI is InChI=1S/C13H10O.C5H5N5O/c1-3-7-12-10(5-1)9-11-6-2-4-8-13(11)14-12;6-5-9-3-2(4(11)10-5)7-1-8-3/h1-8H,9H2;1H,(H4,6,7,8,9,10,11). The van der Waals surface area contributed by atoms with Crippen LogP contribution in [0, 0.1) is 0 Å². The number of para-hydroxylation sites is 2. The van der Waals surface area contributed by atoms with Crippen LogP contribution in [0.2, 0.25) is 0 Å². The molecule has 7 heteroatoms. The minimum absolute atomic E-state index is 0.0783. The van der Waals surface area contributed by atoms with Gasteiger partial charge in [0, 0.05) is 6.42 Å². The molecular weight excluding hydrogens is 318 g/mol. The highest BCUT2D eigenvalue weighted by Gasteiger charge is 2.14. The summed E-state index contributed by atoms with van der Waals surface area (Å²) in [6.45, 7) is 0. The number of imidazole rings is 1. The van der Waals surface area contributed by atoms with Crippen molar-refractivity contribution in [3.05, 3.63) is 76.3 Å². The maximum atomic E-state index is 11.0. The summed E-state index contributed by atoms with van der Waals surface area (Å²) < 4.78 is 5.78. The minimum Gasteiger partial charge on any atom is -0.457 e. The molecule has 4 N–H and O–H groups in total. The first-order valence-electron chi connectivity index (χ1n) is 7.73. The molecule has 0 bridgehead atoms. The van der Waals surface area contributed by atoms with Gasteiger partial charge in [-0.25, -0.2) is 4.98 Å². The summed E-state index contributed by atoms with van der Waals surface area (Å²) in [5, 5.41) is 0. The van der Waals surface area contributed by atoms with Gasteiger partial charge in [0.15, 0.2) is 11.2 Å². The second kappa shape index (κ2) is 6.12. The predicted octanol–water partition coefficient (Wildman–Crippen LogP) is 2.61. The monoisotopic (exact) mass is 333 g/mol. The Kier molecular flexibility index (Phi) is 3.66. The smallest absolute Gasteiger partial charge is 0.278 e. The molecule has 0 fully saturated rings. The van der Waals surface area contributed by atoms with Crippen molar-refractivity contribution in [1.82, 2.24) is 19.9 Å². The molecule has 0 aliphatic carbocycles. The van der Waals surface area contributed by atoms with Crippen LogP contribution in [-0.4, -0.2) is 19.9 Å². The highest BCUT2D eigenvalue weighted by atomic mass is 16.5. The number of ether oxygens (including phenoxy) is 1. The molecule has 0 saturated carbocycles. The van der Waals surface area contributed by atoms with Gasteiger partial charge in [0.25, 0.3) is 5.56 Å². The molecule has 3 heterocycles. The maximum absolute atomic E-state index is 11.0. The number of aromatic amines is 2. The first-order chi connectivity index (χ1) is 12.2. The minimum atomic E-state index is -0.301. The SMILES string of the molecule is Nc1nc2nc[nH]c2c(=O)[nH]1.c1ccc2c(c1)Cc1ccccc1O2. The van der Waals surface area contributed by atoms with E-state index in [-0.39, 0.29) is 11.5 Å². The number of hydrogen-bond donors (Lipinski definition) is 3. The van der Waals surface area contributed by atoms with Crippen LogP contribution in [0.3, 0.4) is 0 Å². The number of rotatable bonds is 0. The number of nitrogens with two attached hydrogens (primary N) is 1. The first kappa shape index (κ1) is 14.9. The Morgan fingerprint density at radius 1 is 1.00 bits per heavy atom. The lowest BCUT2D eigenvalue weighted by atomic mass is 10.0. The third kappa shape index (κ3) is 2.94. The van der Waals surface area contributed by atoms with E-state index in [1.54, 1.807) is 0 Å². The lowest BCUT2D eigenvalue weighted by Gasteiger charge is -2.19. The zero-order valence-corrected chi connectivity index (χ0v) is 13.2. The fourth-order valence-corrected chi connectivity index (χ4v) is 2.68. The molecule has 5 rings (SSSR count). The van der Waals surface area contributed by atoms with Gasteiger partial charge >= 0.3 is 0 Å². The second-order valence-corrected chi connectivity index (χ2v) is 5.55. The van der Waals surface area contributed by atoms with Crippen LogP contribution >= 0.6 is 0 Å². The van der Waals surface area contributed by atoms with Gasteiger partial charge in [-0.05, 0) is 23.3 Å². The van der Waals surface area contributed by atoms with Gasteiger partial charge in [-0.1, -0.05) is 36.4 Å². The fraction of sp³-hybridized carbons (Fsp3) is 0.0556. The first-order valence-corrected chi connectivity index (χ1v) is 7.73. The topological polar surface area (TPSA) is 110 Å². The molecule has 0 spiro atoms. The van der Waals surface area contributed by atoms with Gasteiger partial charge in [-0.15, -0.1) is 0 Å². The summed E-state index contributed by atoms with van der Waals surface area (Å²) in [6.07, 6.45) is 2.37. The summed E-state index contributed by atoms with van der Waals surface area (Å²) in [5.74, 6) is 2.06. The summed E-state index contributed by atoms with van der Waals surface area (Å²) in [5.41, 5.74) is 8.19. The van der Waals surface area contributed by atoms with Crippen molar-refractivity contribution in [2.45, 2.75) is 6.42 Å². The summed E-state index contributed by atoms with van der Waals surface area (Å²) in [4.78, 5) is 23.5. The second-order valence-electron chi connectivity index (χ2n) is 5.55. The Morgan fingerprint density at radius 3 is 2.32 bits per heavy atom. The molecule has 0 saturated heterocycles. The van der Waals surface area contributed by atoms with Crippen molar-refractivity contribution in [3.8, 4) is 11.5 Å². The molecule has 2 aromatic heterocycles. The Hall–Kier alpha value is -3.61. The average Bonchev–Trinajstić information content (AvgIpc) is 3.09. The molecule has 0 unspecified atom stereocenters. The molecule has 124 valence electrons. The van der Waals surface area contributed by atoms with Crippen molar-refractivity contribution >= 4 is 17.1 Å². The molecule has 7 nitrogen and oxygen atoms in total. The predicted molar refractivity (Wildman–Crippen MR) is 94.7 cm³/mol. The van der Waals surface area contributed by atoms with Gasteiger partial charge in [0.05, 0.1) is 6.33 Å². The third-order valence-electron chi connectivity index (χ3n) is 3.86.